The lowest BCUT2D eigenvalue weighted by Gasteiger charge is -2.19. The topological polar surface area (TPSA) is 93.7 Å². The monoisotopic (exact) mass is 362 g/mol. The fourth-order valence-corrected chi connectivity index (χ4v) is 2.49. The van der Waals surface area contributed by atoms with Crippen molar-refractivity contribution in [3.05, 3.63) is 29.8 Å². The number of carbonyl (C=O) groups is 3. The maximum Gasteiger partial charge on any atom is 0.329 e. The molecule has 2 N–H and O–H groups in total. The van der Waals surface area contributed by atoms with Crippen molar-refractivity contribution in [2.75, 3.05) is 19.8 Å². The van der Waals surface area contributed by atoms with Crippen molar-refractivity contribution in [1.82, 2.24) is 10.6 Å². The smallest absolute Gasteiger partial charge is 0.329 e. The Morgan fingerprint density at radius 2 is 1.92 bits per heavy atom. The normalized spacial score (nSPS) is 16.7. The van der Waals surface area contributed by atoms with Gasteiger partial charge in [0.25, 0.3) is 5.91 Å². The minimum Gasteiger partial charge on any atom is -0.492 e. The Bertz CT molecular complexity index is 649. The number of nitrogens with one attached hydrogen (secondary N) is 2. The van der Waals surface area contributed by atoms with E-state index in [4.69, 9.17) is 9.47 Å². The van der Waals surface area contributed by atoms with Crippen LogP contribution >= 0.6 is 0 Å². The summed E-state index contributed by atoms with van der Waals surface area (Å²) < 4.78 is 10.5. The molecule has 0 aliphatic carbocycles. The molecule has 0 radical (unpaired) electrons. The zero-order valence-electron chi connectivity index (χ0n) is 15.5. The van der Waals surface area contributed by atoms with E-state index in [0.29, 0.717) is 26.0 Å². The van der Waals surface area contributed by atoms with E-state index in [-0.39, 0.29) is 17.9 Å². The average Bonchev–Trinajstić information content (AvgIpc) is 3.03. The predicted octanol–water partition coefficient (Wildman–Crippen LogP) is 1.30. The first-order chi connectivity index (χ1) is 12.3. The molecule has 1 aliphatic rings. The van der Waals surface area contributed by atoms with E-state index in [1.54, 1.807) is 0 Å². The first kappa shape index (κ1) is 19.8. The van der Waals surface area contributed by atoms with Gasteiger partial charge in [-0.3, -0.25) is 9.59 Å². The molecule has 2 rings (SSSR count). The van der Waals surface area contributed by atoms with Crippen LogP contribution in [0.4, 0.5) is 0 Å². The molecule has 1 heterocycles. The van der Waals surface area contributed by atoms with E-state index in [2.05, 4.69) is 31.4 Å². The van der Waals surface area contributed by atoms with Crippen LogP contribution in [0.2, 0.25) is 0 Å². The largest absolute Gasteiger partial charge is 0.492 e. The van der Waals surface area contributed by atoms with E-state index in [9.17, 15) is 14.4 Å². The Balaban J connectivity index is 1.61. The summed E-state index contributed by atoms with van der Waals surface area (Å²) in [5.41, 5.74) is 1.31. The van der Waals surface area contributed by atoms with Crippen LogP contribution in [0.25, 0.3) is 0 Å². The molecule has 1 atom stereocenters. The second-order valence-electron chi connectivity index (χ2n) is 7.24. The number of amides is 2. The maximum atomic E-state index is 11.7. The molecule has 0 aromatic heterocycles. The number of esters is 1. The Labute approximate surface area is 153 Å². The molecule has 0 saturated carbocycles. The summed E-state index contributed by atoms with van der Waals surface area (Å²) in [4.78, 5) is 34.4. The SMILES string of the molecule is CC(C)(C)c1ccc(OCCNC(=O)COC(=O)[C@@H]2CCC(=O)N2)cc1. The van der Waals surface area contributed by atoms with Gasteiger partial charge in [-0.25, -0.2) is 4.79 Å². The van der Waals surface area contributed by atoms with Gasteiger partial charge in [0.2, 0.25) is 5.91 Å². The Hall–Kier alpha value is -2.57. The fourth-order valence-electron chi connectivity index (χ4n) is 2.49. The van der Waals surface area contributed by atoms with Crippen LogP contribution in [0, 0.1) is 0 Å². The third-order valence-corrected chi connectivity index (χ3v) is 4.04. The fraction of sp³-hybridized carbons (Fsp3) is 0.526. The van der Waals surface area contributed by atoms with E-state index >= 15 is 0 Å². The maximum absolute atomic E-state index is 11.7. The number of hydrogen-bond donors (Lipinski definition) is 2. The molecule has 0 bridgehead atoms. The van der Waals surface area contributed by atoms with Gasteiger partial charge >= 0.3 is 5.97 Å². The van der Waals surface area contributed by atoms with Crippen molar-refractivity contribution in [2.45, 2.75) is 45.1 Å². The zero-order chi connectivity index (χ0) is 19.2. The van der Waals surface area contributed by atoms with Gasteiger partial charge in [-0.2, -0.15) is 0 Å². The third kappa shape index (κ3) is 6.06. The van der Waals surface area contributed by atoms with Crippen LogP contribution in [0.1, 0.15) is 39.2 Å². The standard InChI is InChI=1S/C19H26N2O5/c1-19(2,3)13-4-6-14(7-5-13)25-11-10-20-17(23)12-26-18(24)15-8-9-16(22)21-15/h4-7,15H,8-12H2,1-3H3,(H,20,23)(H,21,22)/t15-/m0/s1. The number of rotatable bonds is 7. The van der Waals surface area contributed by atoms with Crippen LogP contribution in [0.5, 0.6) is 5.75 Å². The molecule has 142 valence electrons. The Kier molecular flexibility index (Phi) is 6.60. The molecule has 7 nitrogen and oxygen atoms in total. The van der Waals surface area contributed by atoms with Crippen LogP contribution < -0.4 is 15.4 Å². The van der Waals surface area contributed by atoms with E-state index in [0.717, 1.165) is 5.75 Å². The van der Waals surface area contributed by atoms with Gasteiger partial charge in [0.05, 0.1) is 6.54 Å². The molecule has 1 fully saturated rings. The molecule has 2 amide bonds. The highest BCUT2D eigenvalue weighted by atomic mass is 16.5. The molecular weight excluding hydrogens is 336 g/mol. The van der Waals surface area contributed by atoms with E-state index in [1.165, 1.54) is 5.56 Å². The molecule has 7 heteroatoms. The van der Waals surface area contributed by atoms with Crippen molar-refractivity contribution >= 4 is 17.8 Å². The van der Waals surface area contributed by atoms with Crippen molar-refractivity contribution in [3.8, 4) is 5.75 Å². The number of ether oxygens (including phenoxy) is 2. The van der Waals surface area contributed by atoms with Gasteiger partial charge in [0.15, 0.2) is 6.61 Å². The summed E-state index contributed by atoms with van der Waals surface area (Å²) in [5.74, 6) is -0.435. The molecule has 1 aromatic carbocycles. The highest BCUT2D eigenvalue weighted by Crippen LogP contribution is 2.24. The second-order valence-corrected chi connectivity index (χ2v) is 7.24. The van der Waals surface area contributed by atoms with Crippen molar-refractivity contribution in [3.63, 3.8) is 0 Å². The third-order valence-electron chi connectivity index (χ3n) is 4.04. The first-order valence-corrected chi connectivity index (χ1v) is 8.72. The summed E-state index contributed by atoms with van der Waals surface area (Å²) >= 11 is 0. The number of carbonyl (C=O) groups excluding carboxylic acids is 3. The Morgan fingerprint density at radius 1 is 1.23 bits per heavy atom. The summed E-state index contributed by atoms with van der Waals surface area (Å²) in [6, 6.07) is 7.21. The summed E-state index contributed by atoms with van der Waals surface area (Å²) in [6.45, 7) is 6.68. The number of benzene rings is 1. The lowest BCUT2D eigenvalue weighted by Crippen LogP contribution is -2.37. The van der Waals surface area contributed by atoms with E-state index in [1.807, 2.05) is 24.3 Å². The van der Waals surface area contributed by atoms with E-state index < -0.39 is 17.9 Å². The van der Waals surface area contributed by atoms with Gasteiger partial charge in [-0.15, -0.1) is 0 Å². The lowest BCUT2D eigenvalue weighted by molar-refractivity contribution is -0.150. The molecule has 26 heavy (non-hydrogen) atoms. The van der Waals surface area contributed by atoms with Crippen molar-refractivity contribution in [2.24, 2.45) is 0 Å². The summed E-state index contributed by atoms with van der Waals surface area (Å²) in [6.07, 6.45) is 0.709. The predicted molar refractivity (Wildman–Crippen MR) is 95.8 cm³/mol. The quantitative estimate of drug-likeness (QED) is 0.563. The lowest BCUT2D eigenvalue weighted by atomic mass is 9.87. The van der Waals surface area contributed by atoms with Crippen LogP contribution in [-0.4, -0.2) is 43.6 Å². The van der Waals surface area contributed by atoms with Crippen molar-refractivity contribution in [1.29, 1.82) is 0 Å². The average molecular weight is 362 g/mol. The van der Waals surface area contributed by atoms with Crippen LogP contribution in [0.15, 0.2) is 24.3 Å². The minimum absolute atomic E-state index is 0.0885. The molecule has 1 aliphatic heterocycles. The molecule has 1 saturated heterocycles. The first-order valence-electron chi connectivity index (χ1n) is 8.72. The second kappa shape index (κ2) is 8.69. The summed E-state index contributed by atoms with van der Waals surface area (Å²) in [7, 11) is 0. The van der Waals surface area contributed by atoms with Gasteiger partial charge in [0, 0.05) is 6.42 Å². The highest BCUT2D eigenvalue weighted by Gasteiger charge is 2.28. The number of hydrogen-bond acceptors (Lipinski definition) is 5. The minimum atomic E-state index is -0.644. The highest BCUT2D eigenvalue weighted by molar-refractivity contribution is 5.89. The molecular formula is C19H26N2O5. The molecule has 0 spiro atoms. The zero-order valence-corrected chi connectivity index (χ0v) is 15.5. The van der Waals surface area contributed by atoms with Gasteiger partial charge < -0.3 is 20.1 Å². The Morgan fingerprint density at radius 3 is 2.50 bits per heavy atom. The van der Waals surface area contributed by atoms with Gasteiger partial charge in [-0.1, -0.05) is 32.9 Å². The summed E-state index contributed by atoms with van der Waals surface area (Å²) in [5, 5.41) is 5.11. The van der Waals surface area contributed by atoms with Crippen LogP contribution in [0.3, 0.4) is 0 Å². The molecule has 0 unspecified atom stereocenters. The van der Waals surface area contributed by atoms with Crippen molar-refractivity contribution < 1.29 is 23.9 Å². The van der Waals surface area contributed by atoms with Gasteiger partial charge in [0.1, 0.15) is 18.4 Å². The van der Waals surface area contributed by atoms with Gasteiger partial charge in [-0.05, 0) is 29.5 Å². The van der Waals surface area contributed by atoms with Crippen LogP contribution in [-0.2, 0) is 24.5 Å². The molecule has 1 aromatic rings.